The highest BCUT2D eigenvalue weighted by Gasteiger charge is 1.94. The van der Waals surface area contributed by atoms with Crippen LogP contribution in [0.5, 0.6) is 0 Å². The fourth-order valence-electron chi connectivity index (χ4n) is 0.731. The first kappa shape index (κ1) is 12.0. The molecule has 13 heavy (non-hydrogen) atoms. The van der Waals surface area contributed by atoms with Crippen molar-refractivity contribution >= 4 is 6.03 Å². The average molecular weight is 186 g/mol. The molecular weight excluding hydrogens is 168 g/mol. The minimum atomic E-state index is -0.172. The zero-order chi connectivity index (χ0) is 9.94. The number of allylic oxidation sites excluding steroid dienone is 1. The third kappa shape index (κ3) is 8.88. The van der Waals surface area contributed by atoms with Crippen molar-refractivity contribution in [2.45, 2.75) is 20.3 Å². The molecule has 0 saturated heterocycles. The van der Waals surface area contributed by atoms with Crippen molar-refractivity contribution in [2.24, 2.45) is 0 Å². The first-order valence-corrected chi connectivity index (χ1v) is 4.54. The van der Waals surface area contributed by atoms with Crippen molar-refractivity contribution in [2.75, 3.05) is 19.8 Å². The molecule has 4 heteroatoms. The van der Waals surface area contributed by atoms with E-state index >= 15 is 0 Å². The zero-order valence-electron chi connectivity index (χ0n) is 8.30. The van der Waals surface area contributed by atoms with Crippen LogP contribution in [0.3, 0.4) is 0 Å². The molecule has 0 saturated carbocycles. The van der Waals surface area contributed by atoms with E-state index in [0.29, 0.717) is 13.2 Å². The lowest BCUT2D eigenvalue weighted by Crippen LogP contribution is -2.33. The summed E-state index contributed by atoms with van der Waals surface area (Å²) in [4.78, 5) is 10.9. The molecule has 0 unspecified atom stereocenters. The van der Waals surface area contributed by atoms with E-state index in [2.05, 4.69) is 10.6 Å². The number of carbonyl (C=O) groups is 1. The lowest BCUT2D eigenvalue weighted by atomic mass is 10.4. The Bertz CT molecular complexity index is 158. The molecule has 0 rings (SSSR count). The van der Waals surface area contributed by atoms with E-state index in [1.807, 2.05) is 13.8 Å². The third-order valence-electron chi connectivity index (χ3n) is 1.34. The van der Waals surface area contributed by atoms with Crippen molar-refractivity contribution in [1.29, 1.82) is 0 Å². The highest BCUT2D eigenvalue weighted by Crippen LogP contribution is 1.79. The summed E-state index contributed by atoms with van der Waals surface area (Å²) in [6, 6.07) is -0.172. The first-order valence-electron chi connectivity index (χ1n) is 4.54. The predicted molar refractivity (Wildman–Crippen MR) is 52.5 cm³/mol. The lowest BCUT2D eigenvalue weighted by molar-refractivity contribution is 0.145. The maximum Gasteiger partial charge on any atom is 0.318 e. The molecule has 0 aliphatic carbocycles. The summed E-state index contributed by atoms with van der Waals surface area (Å²) in [5.74, 6) is 0. The van der Waals surface area contributed by atoms with Crippen LogP contribution in [-0.4, -0.2) is 25.8 Å². The number of nitrogens with one attached hydrogen (secondary N) is 2. The van der Waals surface area contributed by atoms with Gasteiger partial charge in [-0.3, -0.25) is 0 Å². The van der Waals surface area contributed by atoms with Crippen LogP contribution in [-0.2, 0) is 4.74 Å². The Kier molecular flexibility index (Phi) is 8.34. The molecule has 0 aromatic heterocycles. The van der Waals surface area contributed by atoms with Crippen LogP contribution in [0.4, 0.5) is 4.79 Å². The molecule has 2 amide bonds. The summed E-state index contributed by atoms with van der Waals surface area (Å²) >= 11 is 0. The van der Waals surface area contributed by atoms with Crippen molar-refractivity contribution in [3.05, 3.63) is 12.3 Å². The first-order chi connectivity index (χ1) is 6.31. The number of urea groups is 1. The lowest BCUT2D eigenvalue weighted by Gasteiger charge is -2.04. The van der Waals surface area contributed by atoms with Gasteiger partial charge in [0.15, 0.2) is 0 Å². The Morgan fingerprint density at radius 2 is 2.31 bits per heavy atom. The average Bonchev–Trinajstić information content (AvgIpc) is 2.14. The van der Waals surface area contributed by atoms with Gasteiger partial charge in [0.05, 0.1) is 0 Å². The highest BCUT2D eigenvalue weighted by atomic mass is 16.5. The minimum absolute atomic E-state index is 0.172. The molecule has 2 N–H and O–H groups in total. The fraction of sp³-hybridized carbons (Fsp3) is 0.667. The number of amides is 2. The number of rotatable bonds is 6. The number of hydrogen-bond donors (Lipinski definition) is 2. The molecule has 0 aliphatic heterocycles. The van der Waals surface area contributed by atoms with Crippen molar-refractivity contribution < 1.29 is 9.53 Å². The van der Waals surface area contributed by atoms with Gasteiger partial charge in [-0.25, -0.2) is 4.79 Å². The van der Waals surface area contributed by atoms with Crippen LogP contribution in [0.1, 0.15) is 20.3 Å². The SMILES string of the molecule is C/C=C/NC(=O)NCCCOCC. The van der Waals surface area contributed by atoms with Gasteiger partial charge in [-0.1, -0.05) is 6.08 Å². The summed E-state index contributed by atoms with van der Waals surface area (Å²) in [6.07, 6.45) is 4.20. The Balaban J connectivity index is 3.17. The van der Waals surface area contributed by atoms with Gasteiger partial charge in [-0.05, 0) is 20.3 Å². The highest BCUT2D eigenvalue weighted by molar-refractivity contribution is 5.74. The molecule has 0 aliphatic rings. The zero-order valence-corrected chi connectivity index (χ0v) is 8.30. The van der Waals surface area contributed by atoms with Crippen molar-refractivity contribution in [3.63, 3.8) is 0 Å². The molecule has 0 spiro atoms. The quantitative estimate of drug-likeness (QED) is 0.613. The fourth-order valence-corrected chi connectivity index (χ4v) is 0.731. The molecule has 0 fully saturated rings. The Hall–Kier alpha value is -1.03. The second-order valence-corrected chi connectivity index (χ2v) is 2.45. The van der Waals surface area contributed by atoms with Crippen LogP contribution >= 0.6 is 0 Å². The third-order valence-corrected chi connectivity index (χ3v) is 1.34. The Labute approximate surface area is 79.3 Å². The van der Waals surface area contributed by atoms with E-state index in [-0.39, 0.29) is 6.03 Å². The van der Waals surface area contributed by atoms with Gasteiger partial charge in [0.1, 0.15) is 0 Å². The van der Waals surface area contributed by atoms with Crippen LogP contribution in [0.2, 0.25) is 0 Å². The van der Waals surface area contributed by atoms with Gasteiger partial charge < -0.3 is 15.4 Å². The van der Waals surface area contributed by atoms with E-state index in [0.717, 1.165) is 13.0 Å². The van der Waals surface area contributed by atoms with Crippen LogP contribution in [0, 0.1) is 0 Å². The molecule has 0 aromatic carbocycles. The predicted octanol–water partition coefficient (Wildman–Crippen LogP) is 1.25. The second-order valence-electron chi connectivity index (χ2n) is 2.45. The molecule has 0 heterocycles. The van der Waals surface area contributed by atoms with Crippen LogP contribution in [0.25, 0.3) is 0 Å². The van der Waals surface area contributed by atoms with E-state index in [4.69, 9.17) is 4.74 Å². The molecule has 0 aromatic rings. The molecule has 76 valence electrons. The van der Waals surface area contributed by atoms with E-state index < -0.39 is 0 Å². The van der Waals surface area contributed by atoms with Crippen LogP contribution < -0.4 is 10.6 Å². The molecule has 0 bridgehead atoms. The number of ether oxygens (including phenoxy) is 1. The number of carbonyl (C=O) groups excluding carboxylic acids is 1. The van der Waals surface area contributed by atoms with Crippen molar-refractivity contribution in [3.8, 4) is 0 Å². The Morgan fingerprint density at radius 1 is 1.54 bits per heavy atom. The van der Waals surface area contributed by atoms with Gasteiger partial charge in [0, 0.05) is 26.0 Å². The van der Waals surface area contributed by atoms with Crippen molar-refractivity contribution in [1.82, 2.24) is 10.6 Å². The maximum absolute atomic E-state index is 10.9. The summed E-state index contributed by atoms with van der Waals surface area (Å²) in [7, 11) is 0. The summed E-state index contributed by atoms with van der Waals surface area (Å²) in [5, 5.41) is 5.25. The molecule has 0 atom stereocenters. The monoisotopic (exact) mass is 186 g/mol. The topological polar surface area (TPSA) is 50.4 Å². The molecule has 4 nitrogen and oxygen atoms in total. The normalized spacial score (nSPS) is 10.3. The van der Waals surface area contributed by atoms with Gasteiger partial charge in [-0.15, -0.1) is 0 Å². The van der Waals surface area contributed by atoms with E-state index in [1.165, 1.54) is 0 Å². The molecular formula is C9H18N2O2. The standard InChI is InChI=1S/C9H18N2O2/c1-3-6-10-9(12)11-7-5-8-13-4-2/h3,6H,4-5,7-8H2,1-2H3,(H2,10,11,12)/b6-3+. The second kappa shape index (κ2) is 9.06. The van der Waals surface area contributed by atoms with Gasteiger partial charge in [0.25, 0.3) is 0 Å². The Morgan fingerprint density at radius 3 is 2.92 bits per heavy atom. The molecule has 0 radical (unpaired) electrons. The maximum atomic E-state index is 10.9. The van der Waals surface area contributed by atoms with Crippen LogP contribution in [0.15, 0.2) is 12.3 Å². The summed E-state index contributed by atoms with van der Waals surface area (Å²) in [5.41, 5.74) is 0. The van der Waals surface area contributed by atoms with Gasteiger partial charge >= 0.3 is 6.03 Å². The van der Waals surface area contributed by atoms with E-state index in [1.54, 1.807) is 12.3 Å². The van der Waals surface area contributed by atoms with Gasteiger partial charge in [-0.2, -0.15) is 0 Å². The smallest absolute Gasteiger partial charge is 0.318 e. The number of hydrogen-bond acceptors (Lipinski definition) is 2. The van der Waals surface area contributed by atoms with E-state index in [9.17, 15) is 4.79 Å². The van der Waals surface area contributed by atoms with Gasteiger partial charge in [0.2, 0.25) is 0 Å². The largest absolute Gasteiger partial charge is 0.382 e. The summed E-state index contributed by atoms with van der Waals surface area (Å²) in [6.45, 7) is 5.86. The minimum Gasteiger partial charge on any atom is -0.382 e. The summed E-state index contributed by atoms with van der Waals surface area (Å²) < 4.78 is 5.11.